The number of amides is 1. The maximum absolute atomic E-state index is 11.2. The first-order valence-electron chi connectivity index (χ1n) is 5.58. The Morgan fingerprint density at radius 3 is 2.94 bits per heavy atom. The molecule has 5 heteroatoms. The molecule has 0 saturated heterocycles. The molecule has 0 aromatic heterocycles. The van der Waals surface area contributed by atoms with Gasteiger partial charge in [0.25, 0.3) is 0 Å². The van der Waals surface area contributed by atoms with Crippen LogP contribution < -0.4 is 5.32 Å². The van der Waals surface area contributed by atoms with E-state index in [2.05, 4.69) is 16.6 Å². The molecular weight excluding hydrogens is 222 g/mol. The van der Waals surface area contributed by atoms with Crippen molar-refractivity contribution in [3.63, 3.8) is 0 Å². The number of hydrogen-bond acceptors (Lipinski definition) is 3. The van der Waals surface area contributed by atoms with Crippen LogP contribution in [0.2, 0.25) is 0 Å². The monoisotopic (exact) mass is 239 g/mol. The number of rotatable bonds is 6. The number of nitrogens with one attached hydrogen (secondary N) is 1. The lowest BCUT2D eigenvalue weighted by molar-refractivity contribution is -0.139. The number of hydrogen-bond donors (Lipinski definition) is 2. The third-order valence-electron chi connectivity index (χ3n) is 2.52. The summed E-state index contributed by atoms with van der Waals surface area (Å²) < 4.78 is 4.69. The molecule has 0 aromatic carbocycles. The van der Waals surface area contributed by atoms with E-state index in [0.717, 1.165) is 24.8 Å². The summed E-state index contributed by atoms with van der Waals surface area (Å²) in [6.45, 7) is 3.47. The minimum absolute atomic E-state index is 0.0703. The van der Waals surface area contributed by atoms with Gasteiger partial charge in [0.15, 0.2) is 0 Å². The number of carbonyl (C=O) groups is 2. The molecule has 0 saturated carbocycles. The summed E-state index contributed by atoms with van der Waals surface area (Å²) in [5, 5.41) is 11.3. The number of carboxylic acid groups (broad SMARTS) is 1. The lowest BCUT2D eigenvalue weighted by Gasteiger charge is -2.14. The first-order chi connectivity index (χ1) is 8.13. The molecule has 1 aliphatic carbocycles. The Morgan fingerprint density at radius 2 is 2.41 bits per heavy atom. The third kappa shape index (κ3) is 4.72. The Morgan fingerprint density at radius 1 is 1.65 bits per heavy atom. The number of ether oxygens (including phenoxy) is 1. The summed E-state index contributed by atoms with van der Waals surface area (Å²) in [6, 6.07) is -0.920. The van der Waals surface area contributed by atoms with Crippen LogP contribution in [0.4, 0.5) is 4.79 Å². The molecule has 1 aliphatic rings. The lowest BCUT2D eigenvalue weighted by atomic mass is 10.1. The molecule has 0 aromatic rings. The van der Waals surface area contributed by atoms with Crippen LogP contribution >= 0.6 is 0 Å². The second-order valence-electron chi connectivity index (χ2n) is 3.88. The maximum Gasteiger partial charge on any atom is 0.408 e. The van der Waals surface area contributed by atoms with Crippen molar-refractivity contribution < 1.29 is 19.4 Å². The van der Waals surface area contributed by atoms with E-state index >= 15 is 0 Å². The highest BCUT2D eigenvalue weighted by atomic mass is 16.5. The van der Waals surface area contributed by atoms with Gasteiger partial charge in [-0.3, -0.25) is 0 Å². The highest BCUT2D eigenvalue weighted by Gasteiger charge is 2.22. The second kappa shape index (κ2) is 6.73. The lowest BCUT2D eigenvalue weighted by Crippen LogP contribution is -2.41. The highest BCUT2D eigenvalue weighted by Crippen LogP contribution is 2.21. The van der Waals surface area contributed by atoms with Gasteiger partial charge in [-0.15, -0.1) is 0 Å². The fourth-order valence-electron chi connectivity index (χ4n) is 1.70. The highest BCUT2D eigenvalue weighted by molar-refractivity contribution is 5.80. The molecule has 0 bridgehead atoms. The van der Waals surface area contributed by atoms with Gasteiger partial charge in [0.1, 0.15) is 12.6 Å². The summed E-state index contributed by atoms with van der Waals surface area (Å²) in [7, 11) is 0. The Balaban J connectivity index is 2.45. The predicted molar refractivity (Wildman–Crippen MR) is 62.7 cm³/mol. The molecule has 1 rings (SSSR count). The third-order valence-corrected chi connectivity index (χ3v) is 2.52. The number of allylic oxidation sites excluding steroid dienone is 1. The van der Waals surface area contributed by atoms with E-state index in [1.807, 2.05) is 6.08 Å². The van der Waals surface area contributed by atoms with Crippen molar-refractivity contribution in [2.75, 3.05) is 6.61 Å². The molecule has 0 heterocycles. The molecule has 0 unspecified atom stereocenters. The average molecular weight is 239 g/mol. The summed E-state index contributed by atoms with van der Waals surface area (Å²) in [5.41, 5.74) is 1.08. The zero-order valence-corrected chi connectivity index (χ0v) is 9.65. The summed E-state index contributed by atoms with van der Waals surface area (Å²) >= 11 is 0. The first kappa shape index (κ1) is 13.3. The van der Waals surface area contributed by atoms with Crippen LogP contribution in [0.1, 0.15) is 25.7 Å². The zero-order chi connectivity index (χ0) is 12.7. The number of carboxylic acids is 1. The smallest absolute Gasteiger partial charge is 0.408 e. The average Bonchev–Trinajstić information content (AvgIpc) is 2.78. The van der Waals surface area contributed by atoms with Gasteiger partial charge in [-0.25, -0.2) is 9.59 Å². The Hall–Kier alpha value is -1.78. The molecule has 17 heavy (non-hydrogen) atoms. The minimum atomic E-state index is -1.05. The molecule has 0 spiro atoms. The molecule has 94 valence electrons. The molecule has 1 atom stereocenters. The summed E-state index contributed by atoms with van der Waals surface area (Å²) in [4.78, 5) is 22.2. The van der Waals surface area contributed by atoms with Crippen LogP contribution in [0.3, 0.4) is 0 Å². The number of alkyl carbamates (subject to hydrolysis) is 1. The van der Waals surface area contributed by atoms with E-state index < -0.39 is 18.1 Å². The predicted octanol–water partition coefficient (Wildman–Crippen LogP) is 1.85. The van der Waals surface area contributed by atoms with Gasteiger partial charge in [-0.1, -0.05) is 24.3 Å². The topological polar surface area (TPSA) is 75.6 Å². The van der Waals surface area contributed by atoms with E-state index in [1.54, 1.807) is 0 Å². The van der Waals surface area contributed by atoms with Gasteiger partial charge in [-0.2, -0.15) is 0 Å². The van der Waals surface area contributed by atoms with Gasteiger partial charge < -0.3 is 15.2 Å². The van der Waals surface area contributed by atoms with Gasteiger partial charge in [0.05, 0.1) is 0 Å². The van der Waals surface area contributed by atoms with Crippen LogP contribution in [0.5, 0.6) is 0 Å². The zero-order valence-electron chi connectivity index (χ0n) is 9.65. The molecule has 0 radical (unpaired) electrons. The van der Waals surface area contributed by atoms with Crippen molar-refractivity contribution in [2.45, 2.75) is 31.7 Å². The SMILES string of the molecule is C=CCOC(=O)N[C@@H](CC1=CCCC1)C(=O)O. The van der Waals surface area contributed by atoms with Gasteiger partial charge in [-0.05, 0) is 25.7 Å². The van der Waals surface area contributed by atoms with Crippen LogP contribution in [-0.4, -0.2) is 29.8 Å². The summed E-state index contributed by atoms with van der Waals surface area (Å²) in [5.74, 6) is -1.05. The van der Waals surface area contributed by atoms with Crippen molar-refractivity contribution in [1.29, 1.82) is 0 Å². The number of aliphatic carboxylic acids is 1. The normalized spacial score (nSPS) is 15.9. The summed E-state index contributed by atoms with van der Waals surface area (Å²) in [6.07, 6.45) is 6.04. The molecule has 0 fully saturated rings. The first-order valence-corrected chi connectivity index (χ1v) is 5.58. The standard InChI is InChI=1S/C12H17NO4/c1-2-7-17-12(16)13-10(11(14)15)8-9-5-3-4-6-9/h2,5,10H,1,3-4,6-8H2,(H,13,16)(H,14,15)/t10-/m0/s1. The Labute approximate surface area is 100 Å². The number of carbonyl (C=O) groups excluding carboxylic acids is 1. The van der Waals surface area contributed by atoms with Gasteiger partial charge in [0.2, 0.25) is 0 Å². The van der Waals surface area contributed by atoms with Gasteiger partial charge in [0, 0.05) is 0 Å². The minimum Gasteiger partial charge on any atom is -0.480 e. The van der Waals surface area contributed by atoms with Crippen LogP contribution in [0.25, 0.3) is 0 Å². The molecule has 1 amide bonds. The van der Waals surface area contributed by atoms with Crippen molar-refractivity contribution in [3.05, 3.63) is 24.3 Å². The fourth-order valence-corrected chi connectivity index (χ4v) is 1.70. The molecule has 5 nitrogen and oxygen atoms in total. The maximum atomic E-state index is 11.2. The molecule has 0 aliphatic heterocycles. The van der Waals surface area contributed by atoms with Crippen molar-refractivity contribution in [1.82, 2.24) is 5.32 Å². The van der Waals surface area contributed by atoms with E-state index in [0.29, 0.717) is 6.42 Å². The van der Waals surface area contributed by atoms with Crippen LogP contribution in [-0.2, 0) is 9.53 Å². The Kier molecular flexibility index (Phi) is 5.26. The van der Waals surface area contributed by atoms with E-state index in [1.165, 1.54) is 6.08 Å². The van der Waals surface area contributed by atoms with E-state index in [4.69, 9.17) is 5.11 Å². The van der Waals surface area contributed by atoms with Crippen molar-refractivity contribution in [3.8, 4) is 0 Å². The Bertz CT molecular complexity index is 335. The van der Waals surface area contributed by atoms with Crippen molar-refractivity contribution in [2.24, 2.45) is 0 Å². The van der Waals surface area contributed by atoms with Crippen molar-refractivity contribution >= 4 is 12.1 Å². The quantitative estimate of drug-likeness (QED) is 0.693. The molecule has 2 N–H and O–H groups in total. The van der Waals surface area contributed by atoms with Gasteiger partial charge >= 0.3 is 12.1 Å². The molecular formula is C12H17NO4. The second-order valence-corrected chi connectivity index (χ2v) is 3.88. The van der Waals surface area contributed by atoms with E-state index in [-0.39, 0.29) is 6.61 Å². The van der Waals surface area contributed by atoms with E-state index in [9.17, 15) is 9.59 Å². The largest absolute Gasteiger partial charge is 0.480 e. The fraction of sp³-hybridized carbons (Fsp3) is 0.500. The van der Waals surface area contributed by atoms with Crippen LogP contribution in [0, 0.1) is 0 Å². The van der Waals surface area contributed by atoms with Crippen LogP contribution in [0.15, 0.2) is 24.3 Å².